The van der Waals surface area contributed by atoms with E-state index in [4.69, 9.17) is 16.3 Å². The molecule has 0 amide bonds. The molecule has 0 unspecified atom stereocenters. The van der Waals surface area contributed by atoms with E-state index in [1.807, 2.05) is 12.1 Å². The van der Waals surface area contributed by atoms with Crippen LogP contribution in [0.2, 0.25) is 5.02 Å². The lowest BCUT2D eigenvalue weighted by atomic mass is 9.74. The summed E-state index contributed by atoms with van der Waals surface area (Å²) in [6, 6.07) is 8.15. The Labute approximate surface area is 138 Å². The predicted octanol–water partition coefficient (Wildman–Crippen LogP) is 2.96. The lowest BCUT2D eigenvalue weighted by Crippen LogP contribution is -2.48. The number of hydrogen-bond acceptors (Lipinski definition) is 2. The van der Waals surface area contributed by atoms with Crippen LogP contribution < -0.4 is 10.6 Å². The van der Waals surface area contributed by atoms with E-state index in [9.17, 15) is 0 Å². The molecule has 0 aliphatic carbocycles. The molecule has 1 aromatic rings. The van der Waals surface area contributed by atoms with Gasteiger partial charge >= 0.3 is 0 Å². The van der Waals surface area contributed by atoms with Crippen molar-refractivity contribution in [1.82, 2.24) is 10.6 Å². The van der Waals surface area contributed by atoms with Gasteiger partial charge in [0.2, 0.25) is 0 Å². The predicted molar refractivity (Wildman–Crippen MR) is 92.8 cm³/mol. The van der Waals surface area contributed by atoms with Gasteiger partial charge < -0.3 is 15.4 Å². The van der Waals surface area contributed by atoms with E-state index in [0.717, 1.165) is 56.5 Å². The zero-order chi connectivity index (χ0) is 15.8. The molecular formula is C17H26ClN3O. The fourth-order valence-corrected chi connectivity index (χ4v) is 3.25. The normalized spacial score (nSPS) is 18.0. The van der Waals surface area contributed by atoms with Crippen molar-refractivity contribution >= 4 is 17.6 Å². The molecule has 1 heterocycles. The fraction of sp³-hybridized carbons (Fsp3) is 0.588. The second-order valence-electron chi connectivity index (χ2n) is 5.73. The summed E-state index contributed by atoms with van der Waals surface area (Å²) in [5.41, 5.74) is 1.21. The van der Waals surface area contributed by atoms with Crippen LogP contribution in [0, 0.1) is 0 Å². The number of ether oxygens (including phenoxy) is 1. The number of hydrogen-bond donors (Lipinski definition) is 2. The average molecular weight is 324 g/mol. The van der Waals surface area contributed by atoms with Crippen LogP contribution in [0.4, 0.5) is 0 Å². The van der Waals surface area contributed by atoms with Gasteiger partial charge in [0.25, 0.3) is 0 Å². The molecule has 0 bridgehead atoms. The Morgan fingerprint density at radius 1 is 1.27 bits per heavy atom. The third-order valence-corrected chi connectivity index (χ3v) is 4.58. The van der Waals surface area contributed by atoms with Crippen LogP contribution >= 0.6 is 11.6 Å². The molecule has 1 aliphatic heterocycles. The molecule has 2 rings (SSSR count). The third-order valence-electron chi connectivity index (χ3n) is 4.26. The number of nitrogens with one attached hydrogen (secondary N) is 2. The van der Waals surface area contributed by atoms with Crippen molar-refractivity contribution in [3.8, 4) is 0 Å². The molecule has 4 nitrogen and oxygen atoms in total. The van der Waals surface area contributed by atoms with Gasteiger partial charge in [0.1, 0.15) is 0 Å². The molecule has 2 N–H and O–H groups in total. The first-order valence-corrected chi connectivity index (χ1v) is 8.37. The Balaban J connectivity index is 2.14. The highest BCUT2D eigenvalue weighted by Gasteiger charge is 2.36. The van der Waals surface area contributed by atoms with Crippen LogP contribution in [-0.4, -0.2) is 39.3 Å². The van der Waals surface area contributed by atoms with Crippen LogP contribution in [0.5, 0.6) is 0 Å². The Morgan fingerprint density at radius 2 is 2.00 bits per heavy atom. The minimum Gasteiger partial charge on any atom is -0.381 e. The van der Waals surface area contributed by atoms with E-state index < -0.39 is 0 Å². The van der Waals surface area contributed by atoms with Gasteiger partial charge in [-0.25, -0.2) is 0 Å². The summed E-state index contributed by atoms with van der Waals surface area (Å²) in [5, 5.41) is 7.62. The molecule has 1 fully saturated rings. The van der Waals surface area contributed by atoms with Crippen LogP contribution in [0.1, 0.15) is 31.7 Å². The van der Waals surface area contributed by atoms with Gasteiger partial charge in [-0.3, -0.25) is 4.99 Å². The van der Waals surface area contributed by atoms with Crippen LogP contribution in [-0.2, 0) is 10.2 Å². The van der Waals surface area contributed by atoms with E-state index in [-0.39, 0.29) is 5.41 Å². The fourth-order valence-electron chi connectivity index (χ4n) is 2.91. The monoisotopic (exact) mass is 323 g/mol. The van der Waals surface area contributed by atoms with Gasteiger partial charge in [-0.2, -0.15) is 0 Å². The first-order valence-electron chi connectivity index (χ1n) is 7.99. The number of aliphatic imine (C=N–C) groups is 1. The van der Waals surface area contributed by atoms with Crippen molar-refractivity contribution in [2.75, 3.05) is 33.4 Å². The number of guanidine groups is 1. The van der Waals surface area contributed by atoms with Gasteiger partial charge in [-0.05, 0) is 30.9 Å². The highest BCUT2D eigenvalue weighted by molar-refractivity contribution is 6.31. The van der Waals surface area contributed by atoms with Gasteiger partial charge in [0.05, 0.1) is 0 Å². The van der Waals surface area contributed by atoms with E-state index in [1.165, 1.54) is 5.56 Å². The Kier molecular flexibility index (Phi) is 6.52. The molecule has 0 aromatic heterocycles. The number of nitrogens with zero attached hydrogens (tertiary/aromatic N) is 1. The molecule has 122 valence electrons. The van der Waals surface area contributed by atoms with Gasteiger partial charge in [0.15, 0.2) is 5.96 Å². The molecule has 0 spiro atoms. The van der Waals surface area contributed by atoms with Gasteiger partial charge in [0, 0.05) is 43.8 Å². The van der Waals surface area contributed by atoms with Crippen LogP contribution in [0.3, 0.4) is 0 Å². The minimum absolute atomic E-state index is 0.000425. The molecule has 1 aliphatic rings. The standard InChI is InChI=1S/C17H26ClN3O/c1-3-10-20-16(19-2)21-13-17(8-11-22-12-9-17)14-6-4-5-7-15(14)18/h4-7H,3,8-13H2,1-2H3,(H2,19,20,21). The van der Waals surface area contributed by atoms with Crippen molar-refractivity contribution in [2.24, 2.45) is 4.99 Å². The van der Waals surface area contributed by atoms with Crippen molar-refractivity contribution in [2.45, 2.75) is 31.6 Å². The Hall–Kier alpha value is -1.26. The maximum Gasteiger partial charge on any atom is 0.191 e. The van der Waals surface area contributed by atoms with Crippen molar-refractivity contribution in [3.63, 3.8) is 0 Å². The SMILES string of the molecule is CCCNC(=NC)NCC1(c2ccccc2Cl)CCOCC1. The Bertz CT molecular complexity index is 498. The minimum atomic E-state index is 0.000425. The van der Waals surface area contributed by atoms with Crippen molar-refractivity contribution in [3.05, 3.63) is 34.9 Å². The zero-order valence-electron chi connectivity index (χ0n) is 13.5. The smallest absolute Gasteiger partial charge is 0.191 e. The molecule has 5 heteroatoms. The lowest BCUT2D eigenvalue weighted by molar-refractivity contribution is 0.0514. The number of halogens is 1. The summed E-state index contributed by atoms with van der Waals surface area (Å²) < 4.78 is 5.57. The molecule has 1 saturated heterocycles. The molecule has 0 radical (unpaired) electrons. The van der Waals surface area contributed by atoms with E-state index in [1.54, 1.807) is 7.05 Å². The molecule has 22 heavy (non-hydrogen) atoms. The first kappa shape index (κ1) is 17.1. The molecular weight excluding hydrogens is 298 g/mol. The lowest BCUT2D eigenvalue weighted by Gasteiger charge is -2.38. The van der Waals surface area contributed by atoms with Crippen molar-refractivity contribution in [1.29, 1.82) is 0 Å². The number of benzene rings is 1. The molecule has 0 atom stereocenters. The van der Waals surface area contributed by atoms with Crippen LogP contribution in [0.15, 0.2) is 29.3 Å². The summed E-state index contributed by atoms with van der Waals surface area (Å²) in [6.07, 6.45) is 3.01. The first-order chi connectivity index (χ1) is 10.7. The maximum atomic E-state index is 6.47. The molecule has 1 aromatic carbocycles. The van der Waals surface area contributed by atoms with E-state index in [0.29, 0.717) is 0 Å². The third kappa shape index (κ3) is 4.14. The Morgan fingerprint density at radius 3 is 2.64 bits per heavy atom. The summed E-state index contributed by atoms with van der Waals surface area (Å²) >= 11 is 6.47. The average Bonchev–Trinajstić information content (AvgIpc) is 2.56. The second kappa shape index (κ2) is 8.39. The number of rotatable bonds is 5. The quantitative estimate of drug-likeness (QED) is 0.647. The zero-order valence-corrected chi connectivity index (χ0v) is 14.2. The summed E-state index contributed by atoms with van der Waals surface area (Å²) in [4.78, 5) is 4.29. The van der Waals surface area contributed by atoms with E-state index >= 15 is 0 Å². The van der Waals surface area contributed by atoms with Gasteiger partial charge in [-0.1, -0.05) is 36.7 Å². The van der Waals surface area contributed by atoms with E-state index in [2.05, 4.69) is 34.7 Å². The summed E-state index contributed by atoms with van der Waals surface area (Å²) in [7, 11) is 1.80. The topological polar surface area (TPSA) is 45.7 Å². The molecule has 0 saturated carbocycles. The summed E-state index contributed by atoms with van der Waals surface area (Å²) in [5.74, 6) is 0.847. The van der Waals surface area contributed by atoms with Crippen LogP contribution in [0.25, 0.3) is 0 Å². The second-order valence-corrected chi connectivity index (χ2v) is 6.13. The van der Waals surface area contributed by atoms with Gasteiger partial charge in [-0.15, -0.1) is 0 Å². The van der Waals surface area contributed by atoms with Crippen molar-refractivity contribution < 1.29 is 4.74 Å². The summed E-state index contributed by atoms with van der Waals surface area (Å²) in [6.45, 7) is 5.41. The highest BCUT2D eigenvalue weighted by Crippen LogP contribution is 2.38. The highest BCUT2D eigenvalue weighted by atomic mass is 35.5. The largest absolute Gasteiger partial charge is 0.381 e. The maximum absolute atomic E-state index is 6.47.